The number of carboxylic acid groups (broad SMARTS) is 1. The van der Waals surface area contributed by atoms with Crippen molar-refractivity contribution < 1.29 is 9.90 Å². The lowest BCUT2D eigenvalue weighted by molar-refractivity contribution is 0.0698. The summed E-state index contributed by atoms with van der Waals surface area (Å²) in [6.45, 7) is 0.508. The number of aromatic carboxylic acids is 1. The van der Waals surface area contributed by atoms with Gasteiger partial charge in [0.1, 0.15) is 0 Å². The van der Waals surface area contributed by atoms with Crippen molar-refractivity contribution in [3.05, 3.63) is 58.1 Å². The van der Waals surface area contributed by atoms with E-state index in [0.717, 1.165) is 10.0 Å². The highest BCUT2D eigenvalue weighted by Gasteiger charge is 2.12. The average molecular weight is 321 g/mol. The zero-order valence-corrected chi connectivity index (χ0v) is 11.6. The fraction of sp³-hybridized carbons (Fsp3) is 0.0714. The van der Waals surface area contributed by atoms with Crippen molar-refractivity contribution in [2.75, 3.05) is 11.1 Å². The summed E-state index contributed by atoms with van der Waals surface area (Å²) in [7, 11) is 0. The summed E-state index contributed by atoms with van der Waals surface area (Å²) in [6.07, 6.45) is 0. The smallest absolute Gasteiger partial charge is 0.337 e. The summed E-state index contributed by atoms with van der Waals surface area (Å²) in [5, 5.41) is 12.2. The Bertz CT molecular complexity index is 614. The maximum atomic E-state index is 11.1. The van der Waals surface area contributed by atoms with Gasteiger partial charge in [0, 0.05) is 11.0 Å². The first kappa shape index (κ1) is 13.4. The number of hydrogen-bond donors (Lipinski definition) is 3. The van der Waals surface area contributed by atoms with E-state index in [9.17, 15) is 4.79 Å². The number of nitrogens with one attached hydrogen (secondary N) is 1. The van der Waals surface area contributed by atoms with E-state index in [1.807, 2.05) is 24.3 Å². The highest BCUT2D eigenvalue weighted by Crippen LogP contribution is 2.24. The number of carboxylic acids is 1. The van der Waals surface area contributed by atoms with Crippen molar-refractivity contribution in [3.63, 3.8) is 0 Å². The molecule has 2 aromatic rings. The summed E-state index contributed by atoms with van der Waals surface area (Å²) < 4.78 is 0.978. The van der Waals surface area contributed by atoms with Crippen LogP contribution in [0.1, 0.15) is 15.9 Å². The molecule has 0 saturated carbocycles. The first-order chi connectivity index (χ1) is 9.08. The van der Waals surface area contributed by atoms with Crippen LogP contribution in [-0.2, 0) is 6.54 Å². The van der Waals surface area contributed by atoms with Crippen LogP contribution in [0.3, 0.4) is 0 Å². The van der Waals surface area contributed by atoms with Crippen LogP contribution in [0.4, 0.5) is 11.4 Å². The molecule has 4 N–H and O–H groups in total. The number of nitrogen functional groups attached to an aromatic ring is 1. The predicted octanol–water partition coefficient (Wildman–Crippen LogP) is 3.34. The molecule has 0 radical (unpaired) electrons. The summed E-state index contributed by atoms with van der Waals surface area (Å²) in [6, 6.07) is 12.6. The Kier molecular flexibility index (Phi) is 4.06. The Labute approximate surface area is 119 Å². The van der Waals surface area contributed by atoms with Crippen molar-refractivity contribution in [2.45, 2.75) is 6.54 Å². The molecular formula is C14H13BrN2O2. The number of rotatable bonds is 4. The maximum absolute atomic E-state index is 11.1. The Morgan fingerprint density at radius 3 is 2.68 bits per heavy atom. The van der Waals surface area contributed by atoms with Gasteiger partial charge < -0.3 is 16.2 Å². The molecule has 0 aromatic heterocycles. The Morgan fingerprint density at radius 2 is 2.00 bits per heavy atom. The minimum absolute atomic E-state index is 0.176. The van der Waals surface area contributed by atoms with Crippen LogP contribution in [0.5, 0.6) is 0 Å². The number of halogens is 1. The molecule has 0 aliphatic carbocycles. The standard InChI is InChI=1S/C14H13BrN2O2/c15-10-4-1-3-9(7-10)8-17-13-11(14(18)19)5-2-6-12(13)16/h1-7,17H,8,16H2,(H,18,19). The van der Waals surface area contributed by atoms with E-state index in [-0.39, 0.29) is 5.56 Å². The van der Waals surface area contributed by atoms with Crippen LogP contribution >= 0.6 is 15.9 Å². The van der Waals surface area contributed by atoms with Gasteiger partial charge in [-0.25, -0.2) is 4.79 Å². The molecule has 0 unspecified atom stereocenters. The van der Waals surface area contributed by atoms with Gasteiger partial charge in [-0.15, -0.1) is 0 Å². The van der Waals surface area contributed by atoms with E-state index in [2.05, 4.69) is 21.2 Å². The highest BCUT2D eigenvalue weighted by molar-refractivity contribution is 9.10. The SMILES string of the molecule is Nc1cccc(C(=O)O)c1NCc1cccc(Br)c1. The number of hydrogen-bond acceptors (Lipinski definition) is 3. The van der Waals surface area contributed by atoms with Gasteiger partial charge in [-0.3, -0.25) is 0 Å². The topological polar surface area (TPSA) is 75.4 Å². The van der Waals surface area contributed by atoms with Gasteiger partial charge in [-0.05, 0) is 29.8 Å². The molecule has 0 atom stereocenters. The third-order valence-corrected chi connectivity index (χ3v) is 3.18. The summed E-state index contributed by atoms with van der Waals surface area (Å²) >= 11 is 3.39. The lowest BCUT2D eigenvalue weighted by Gasteiger charge is -2.12. The summed E-state index contributed by atoms with van der Waals surface area (Å²) in [5.74, 6) is -0.996. The van der Waals surface area contributed by atoms with E-state index in [1.165, 1.54) is 6.07 Å². The number of benzene rings is 2. The van der Waals surface area contributed by atoms with E-state index in [1.54, 1.807) is 12.1 Å². The number of para-hydroxylation sites is 1. The Morgan fingerprint density at radius 1 is 1.26 bits per heavy atom. The monoisotopic (exact) mass is 320 g/mol. The predicted molar refractivity (Wildman–Crippen MR) is 79.3 cm³/mol. The zero-order valence-electron chi connectivity index (χ0n) is 10.1. The third kappa shape index (κ3) is 3.26. The fourth-order valence-corrected chi connectivity index (χ4v) is 2.23. The number of nitrogens with two attached hydrogens (primary N) is 1. The fourth-order valence-electron chi connectivity index (χ4n) is 1.78. The minimum Gasteiger partial charge on any atom is -0.478 e. The Balaban J connectivity index is 2.22. The number of carbonyl (C=O) groups is 1. The highest BCUT2D eigenvalue weighted by atomic mass is 79.9. The third-order valence-electron chi connectivity index (χ3n) is 2.69. The molecule has 0 aliphatic rings. The van der Waals surface area contributed by atoms with Crippen LogP contribution in [0.15, 0.2) is 46.9 Å². The molecule has 4 nitrogen and oxygen atoms in total. The first-order valence-corrected chi connectivity index (χ1v) is 6.47. The molecule has 98 valence electrons. The van der Waals surface area contributed by atoms with E-state index >= 15 is 0 Å². The van der Waals surface area contributed by atoms with Crippen LogP contribution in [0, 0.1) is 0 Å². The van der Waals surface area contributed by atoms with E-state index in [0.29, 0.717) is 17.9 Å². The summed E-state index contributed by atoms with van der Waals surface area (Å²) in [4.78, 5) is 11.1. The van der Waals surface area contributed by atoms with Gasteiger partial charge in [0.25, 0.3) is 0 Å². The van der Waals surface area contributed by atoms with Crippen LogP contribution in [0.25, 0.3) is 0 Å². The number of anilines is 2. The van der Waals surface area contributed by atoms with Gasteiger partial charge >= 0.3 is 5.97 Å². The van der Waals surface area contributed by atoms with Crippen LogP contribution in [-0.4, -0.2) is 11.1 Å². The molecule has 5 heteroatoms. The second-order valence-corrected chi connectivity index (χ2v) is 4.97. The normalized spacial score (nSPS) is 10.2. The molecule has 0 spiro atoms. The quantitative estimate of drug-likeness (QED) is 0.755. The van der Waals surface area contributed by atoms with Crippen molar-refractivity contribution in [2.24, 2.45) is 0 Å². The molecule has 0 saturated heterocycles. The largest absolute Gasteiger partial charge is 0.478 e. The lowest BCUT2D eigenvalue weighted by Crippen LogP contribution is -2.08. The Hall–Kier alpha value is -2.01. The van der Waals surface area contributed by atoms with Crippen molar-refractivity contribution in [1.29, 1.82) is 0 Å². The van der Waals surface area contributed by atoms with Gasteiger partial charge in [0.05, 0.1) is 16.9 Å². The van der Waals surface area contributed by atoms with Gasteiger partial charge in [0.2, 0.25) is 0 Å². The summed E-state index contributed by atoms with van der Waals surface area (Å²) in [5.41, 5.74) is 7.91. The zero-order chi connectivity index (χ0) is 13.8. The van der Waals surface area contributed by atoms with Gasteiger partial charge in [0.15, 0.2) is 0 Å². The molecule has 2 rings (SSSR count). The van der Waals surface area contributed by atoms with E-state index in [4.69, 9.17) is 10.8 Å². The van der Waals surface area contributed by atoms with Crippen LogP contribution in [0.2, 0.25) is 0 Å². The van der Waals surface area contributed by atoms with Gasteiger partial charge in [-0.1, -0.05) is 34.1 Å². The molecule has 2 aromatic carbocycles. The molecule has 0 fully saturated rings. The molecule has 0 amide bonds. The van der Waals surface area contributed by atoms with Crippen molar-refractivity contribution >= 4 is 33.3 Å². The van der Waals surface area contributed by atoms with Gasteiger partial charge in [-0.2, -0.15) is 0 Å². The van der Waals surface area contributed by atoms with E-state index < -0.39 is 5.97 Å². The molecule has 0 bridgehead atoms. The molecule has 0 heterocycles. The van der Waals surface area contributed by atoms with Crippen LogP contribution < -0.4 is 11.1 Å². The lowest BCUT2D eigenvalue weighted by atomic mass is 10.1. The first-order valence-electron chi connectivity index (χ1n) is 5.68. The maximum Gasteiger partial charge on any atom is 0.337 e. The second kappa shape index (κ2) is 5.75. The average Bonchev–Trinajstić information content (AvgIpc) is 2.37. The molecule has 0 aliphatic heterocycles. The molecule has 19 heavy (non-hydrogen) atoms. The molecular weight excluding hydrogens is 308 g/mol. The minimum atomic E-state index is -0.996. The van der Waals surface area contributed by atoms with Crippen molar-refractivity contribution in [1.82, 2.24) is 0 Å². The second-order valence-electron chi connectivity index (χ2n) is 4.06. The van der Waals surface area contributed by atoms with Crippen molar-refractivity contribution in [3.8, 4) is 0 Å².